The zero-order valence-electron chi connectivity index (χ0n) is 22.3. The molecule has 1 aromatic rings. The Hall–Kier alpha value is -3.95. The maximum Gasteiger partial charge on any atom is 0.414 e. The first kappa shape index (κ1) is 30.6. The second-order valence-electron chi connectivity index (χ2n) is 9.09. The van der Waals surface area contributed by atoms with Crippen LogP contribution in [0.1, 0.15) is 12.5 Å². The summed E-state index contributed by atoms with van der Waals surface area (Å²) in [5.41, 5.74) is 0.110. The van der Waals surface area contributed by atoms with Crippen LogP contribution >= 0.6 is 0 Å². The van der Waals surface area contributed by atoms with Gasteiger partial charge in [0.15, 0.2) is 5.82 Å². The van der Waals surface area contributed by atoms with E-state index in [2.05, 4.69) is 10.0 Å². The van der Waals surface area contributed by atoms with Gasteiger partial charge in [0.1, 0.15) is 18.1 Å². The summed E-state index contributed by atoms with van der Waals surface area (Å²) in [6.45, 7) is 0.978. The van der Waals surface area contributed by atoms with Crippen molar-refractivity contribution in [2.45, 2.75) is 13.3 Å². The lowest BCUT2D eigenvalue weighted by Gasteiger charge is -2.35. The van der Waals surface area contributed by atoms with Gasteiger partial charge in [0, 0.05) is 51.7 Å². The molecule has 4 N–H and O–H groups in total. The van der Waals surface area contributed by atoms with E-state index in [1.54, 1.807) is 13.0 Å². The fraction of sp³-hybridized carbons (Fsp3) is 0.400. The fourth-order valence-corrected chi connectivity index (χ4v) is 4.71. The van der Waals surface area contributed by atoms with Gasteiger partial charge in [0.25, 0.3) is 10.2 Å². The lowest BCUT2D eigenvalue weighted by Crippen LogP contribution is -2.37. The van der Waals surface area contributed by atoms with Gasteiger partial charge in [-0.3, -0.25) is 4.72 Å². The number of carbonyl (C=O) groups is 3. The summed E-state index contributed by atoms with van der Waals surface area (Å²) in [7, 11) is 0.176. The predicted octanol–water partition coefficient (Wildman–Crippen LogP) is 1.55. The number of ether oxygens (including phenoxy) is 3. The summed E-state index contributed by atoms with van der Waals surface area (Å²) < 4.78 is 59.0. The topological polar surface area (TPSA) is 173 Å². The van der Waals surface area contributed by atoms with Crippen LogP contribution in [-0.2, 0) is 35.6 Å². The predicted molar refractivity (Wildman–Crippen MR) is 140 cm³/mol. The number of anilines is 1. The Morgan fingerprint density at radius 2 is 1.98 bits per heavy atom. The Morgan fingerprint density at radius 3 is 2.62 bits per heavy atom. The van der Waals surface area contributed by atoms with Gasteiger partial charge >= 0.3 is 18.2 Å². The first-order valence-electron chi connectivity index (χ1n) is 12.1. The van der Waals surface area contributed by atoms with Crippen molar-refractivity contribution in [2.75, 3.05) is 45.6 Å². The van der Waals surface area contributed by atoms with Crippen LogP contribution in [0.4, 0.5) is 19.7 Å². The van der Waals surface area contributed by atoms with Crippen molar-refractivity contribution in [1.29, 1.82) is 0 Å². The molecule has 1 heterocycles. The molecule has 1 aromatic carbocycles. The molecule has 2 atom stereocenters. The third kappa shape index (κ3) is 7.37. The molecule has 0 fully saturated rings. The monoisotopic (exact) mass is 582 g/mol. The van der Waals surface area contributed by atoms with Gasteiger partial charge in [-0.2, -0.15) is 8.42 Å². The molecular formula is C25H31FN4O9S. The van der Waals surface area contributed by atoms with Crippen LogP contribution in [0.5, 0.6) is 0 Å². The summed E-state index contributed by atoms with van der Waals surface area (Å²) in [6.07, 6.45) is 1.29. The molecule has 0 aromatic heterocycles. The van der Waals surface area contributed by atoms with Crippen molar-refractivity contribution in [3.8, 4) is 0 Å². The molecule has 0 saturated carbocycles. The maximum atomic E-state index is 15.3. The number of amides is 2. The number of hydrogen-bond acceptors (Lipinski definition) is 9. The first-order valence-corrected chi connectivity index (χ1v) is 13.6. The number of halogens is 1. The number of nitrogens with one attached hydrogen (secondary N) is 3. The minimum Gasteiger partial charge on any atom is -0.447 e. The number of aliphatic hydroxyl groups is 1. The van der Waals surface area contributed by atoms with Crippen molar-refractivity contribution in [3.63, 3.8) is 0 Å². The number of benzene rings is 1. The average Bonchev–Trinajstić information content (AvgIpc) is 2.89. The number of rotatable bonds is 10. The van der Waals surface area contributed by atoms with Gasteiger partial charge in [-0.05, 0) is 29.2 Å². The van der Waals surface area contributed by atoms with E-state index in [1.165, 1.54) is 43.3 Å². The largest absolute Gasteiger partial charge is 0.447 e. The van der Waals surface area contributed by atoms with Gasteiger partial charge < -0.3 is 29.5 Å². The highest BCUT2D eigenvalue weighted by molar-refractivity contribution is 7.90. The second kappa shape index (κ2) is 12.9. The molecule has 13 nitrogen and oxygen atoms in total. The number of allylic oxidation sites excluding steroid dienone is 3. The molecule has 1 aliphatic heterocycles. The van der Waals surface area contributed by atoms with Crippen LogP contribution in [0.2, 0.25) is 0 Å². The number of esters is 1. The molecule has 2 amide bonds. The van der Waals surface area contributed by atoms with Gasteiger partial charge in [-0.1, -0.05) is 19.1 Å². The van der Waals surface area contributed by atoms with E-state index in [0.717, 1.165) is 7.05 Å². The summed E-state index contributed by atoms with van der Waals surface area (Å²) >= 11 is 0. The van der Waals surface area contributed by atoms with Crippen LogP contribution in [0.3, 0.4) is 0 Å². The minimum atomic E-state index is -4.01. The molecule has 1 aliphatic carbocycles. The number of carbonyl (C=O) groups excluding carboxylic acids is 3. The number of aliphatic hydroxyl groups excluding tert-OH is 1. The molecule has 3 rings (SSSR count). The molecule has 15 heteroatoms. The van der Waals surface area contributed by atoms with Crippen molar-refractivity contribution >= 4 is 34.1 Å². The molecule has 2 unspecified atom stereocenters. The first-order chi connectivity index (χ1) is 18.9. The molecule has 0 spiro atoms. The number of alkyl carbamates (subject to hydrolysis) is 1. The number of fused-ring (bicyclic) bond motifs is 1. The Balaban J connectivity index is 2.01. The zero-order chi connectivity index (χ0) is 29.6. The molecule has 0 saturated heterocycles. The van der Waals surface area contributed by atoms with E-state index in [4.69, 9.17) is 19.3 Å². The highest BCUT2D eigenvalue weighted by Gasteiger charge is 2.39. The Labute approximate surface area is 230 Å². The van der Waals surface area contributed by atoms with E-state index < -0.39 is 46.0 Å². The van der Waals surface area contributed by atoms with Crippen LogP contribution in [0.25, 0.3) is 0 Å². The van der Waals surface area contributed by atoms with E-state index in [1.807, 2.05) is 4.72 Å². The van der Waals surface area contributed by atoms with Crippen molar-refractivity contribution in [1.82, 2.24) is 14.9 Å². The normalized spacial score (nSPS) is 18.6. The molecule has 2 aliphatic rings. The zero-order valence-corrected chi connectivity index (χ0v) is 23.1. The van der Waals surface area contributed by atoms with Crippen molar-refractivity contribution in [3.05, 3.63) is 64.4 Å². The summed E-state index contributed by atoms with van der Waals surface area (Å²) in [4.78, 5) is 38.6. The lowest BCUT2D eigenvalue weighted by atomic mass is 9.77. The van der Waals surface area contributed by atoms with E-state index in [0.29, 0.717) is 5.57 Å². The minimum absolute atomic E-state index is 0.00403. The summed E-state index contributed by atoms with van der Waals surface area (Å²) in [6, 6.07) is 4.04. The summed E-state index contributed by atoms with van der Waals surface area (Å²) in [5.74, 6) is -2.37. The SMILES string of the molecule is CNS(=O)(=O)Nc1cccc(CC2=C(CNC(=O)OCCO)C3C(=CC(OC(=O)N(C)C)=CC3C)OC2=O)c1F. The maximum absolute atomic E-state index is 15.3. The number of nitrogens with zero attached hydrogens (tertiary/aromatic N) is 1. The van der Waals surface area contributed by atoms with Crippen LogP contribution in [-0.4, -0.2) is 77.5 Å². The Bertz CT molecular complexity index is 1370. The standard InChI is InChI=1S/C25H31FN4O9S/c1-14-10-16(38-25(34)30(3)4)12-20-21(14)18(13-28-24(33)37-9-8-31)17(23(32)39-20)11-15-6-5-7-19(22(15)26)29-40(35,36)27-2/h5-7,10,12,14,21,27,29,31H,8-9,11,13H2,1-4H3,(H,28,33). The highest BCUT2D eigenvalue weighted by Crippen LogP contribution is 2.41. The highest BCUT2D eigenvalue weighted by atomic mass is 32.2. The smallest absolute Gasteiger partial charge is 0.414 e. The van der Waals surface area contributed by atoms with Crippen molar-refractivity contribution < 1.29 is 46.5 Å². The van der Waals surface area contributed by atoms with Gasteiger partial charge in [0.05, 0.1) is 12.3 Å². The second-order valence-corrected chi connectivity index (χ2v) is 10.7. The van der Waals surface area contributed by atoms with Crippen molar-refractivity contribution in [2.24, 2.45) is 11.8 Å². The van der Waals surface area contributed by atoms with E-state index in [9.17, 15) is 22.8 Å². The van der Waals surface area contributed by atoms with Crippen LogP contribution in [0.15, 0.2) is 53.0 Å². The number of hydrogen-bond donors (Lipinski definition) is 4. The third-order valence-corrected chi connectivity index (χ3v) is 7.07. The van der Waals surface area contributed by atoms with Crippen LogP contribution in [0, 0.1) is 17.7 Å². The van der Waals surface area contributed by atoms with E-state index >= 15 is 4.39 Å². The van der Waals surface area contributed by atoms with Crippen LogP contribution < -0.4 is 14.8 Å². The molecule has 218 valence electrons. The summed E-state index contributed by atoms with van der Waals surface area (Å²) in [5, 5.41) is 11.4. The molecule has 0 bridgehead atoms. The quantitative estimate of drug-likeness (QED) is 0.236. The Morgan fingerprint density at radius 1 is 1.25 bits per heavy atom. The van der Waals surface area contributed by atoms with Gasteiger partial charge in [0.2, 0.25) is 0 Å². The van der Waals surface area contributed by atoms with E-state index in [-0.39, 0.29) is 54.5 Å². The Kier molecular flexibility index (Phi) is 9.89. The third-order valence-electron chi connectivity index (χ3n) is 6.04. The van der Waals surface area contributed by atoms with Gasteiger partial charge in [-0.15, -0.1) is 0 Å². The lowest BCUT2D eigenvalue weighted by molar-refractivity contribution is -0.137. The fourth-order valence-electron chi connectivity index (χ4n) is 4.16. The molecular weight excluding hydrogens is 551 g/mol. The molecule has 40 heavy (non-hydrogen) atoms. The molecule has 0 radical (unpaired) electrons. The average molecular weight is 583 g/mol. The van der Waals surface area contributed by atoms with Gasteiger partial charge in [-0.25, -0.2) is 23.5 Å².